The molecule has 0 saturated heterocycles. The van der Waals surface area contributed by atoms with Gasteiger partial charge in [0.2, 0.25) is 15.8 Å². The summed E-state index contributed by atoms with van der Waals surface area (Å²) in [4.78, 5) is 21.4. The lowest BCUT2D eigenvalue weighted by molar-refractivity contribution is -0.386. The number of aliphatic carboxylic acids is 1. The number of carboxylic acid groups (broad SMARTS) is 1. The van der Waals surface area contributed by atoms with Gasteiger partial charge in [0, 0.05) is 6.07 Å². The molecule has 1 atom stereocenters. The molecule has 28 heavy (non-hydrogen) atoms. The van der Waals surface area contributed by atoms with Crippen molar-refractivity contribution in [2.75, 3.05) is 7.11 Å². The molecule has 0 heterocycles. The van der Waals surface area contributed by atoms with E-state index in [-0.39, 0.29) is 16.2 Å². The SMILES string of the molecule is COc1cc(C(CC(=O)O)NS(=O)(=O)c2ccc(C)cc2)cc([N+](=O)[O-])c1O. The standard InChI is InChI=1S/C17H18N2O8S/c1-10-3-5-12(6-4-10)28(25,26)18-13(9-16(20)21)11-7-14(19(23)24)17(22)15(8-11)27-2/h3-8,13,18,22H,9H2,1-2H3,(H,20,21). The monoisotopic (exact) mass is 410 g/mol. The molecule has 0 aliphatic rings. The number of carboxylic acids is 1. The second-order valence-corrected chi connectivity index (χ2v) is 7.65. The average molecular weight is 410 g/mol. The fourth-order valence-electron chi connectivity index (χ4n) is 2.48. The lowest BCUT2D eigenvalue weighted by Gasteiger charge is -2.19. The molecule has 0 spiro atoms. The number of benzene rings is 2. The first-order valence-corrected chi connectivity index (χ1v) is 9.39. The summed E-state index contributed by atoms with van der Waals surface area (Å²) in [5.74, 6) is -2.35. The van der Waals surface area contributed by atoms with E-state index >= 15 is 0 Å². The maximum atomic E-state index is 12.6. The Hall–Kier alpha value is -3.18. The number of nitrogens with one attached hydrogen (secondary N) is 1. The summed E-state index contributed by atoms with van der Waals surface area (Å²) in [5.41, 5.74) is 0.0543. The Labute approximate surface area is 160 Å². The van der Waals surface area contributed by atoms with Gasteiger partial charge in [-0.05, 0) is 30.7 Å². The molecule has 0 aromatic heterocycles. The predicted octanol–water partition coefficient (Wildman–Crippen LogP) is 2.11. The van der Waals surface area contributed by atoms with Crippen LogP contribution in [0.1, 0.15) is 23.6 Å². The van der Waals surface area contributed by atoms with Gasteiger partial charge in [0.05, 0.1) is 29.4 Å². The highest BCUT2D eigenvalue weighted by molar-refractivity contribution is 7.89. The molecule has 0 amide bonds. The molecule has 2 aromatic carbocycles. The van der Waals surface area contributed by atoms with Crippen molar-refractivity contribution in [1.82, 2.24) is 4.72 Å². The molecular weight excluding hydrogens is 392 g/mol. The van der Waals surface area contributed by atoms with E-state index in [1.165, 1.54) is 12.1 Å². The normalized spacial score (nSPS) is 12.4. The maximum Gasteiger partial charge on any atom is 0.314 e. The van der Waals surface area contributed by atoms with Crippen LogP contribution in [0.25, 0.3) is 0 Å². The van der Waals surface area contributed by atoms with Crippen molar-refractivity contribution >= 4 is 21.7 Å². The summed E-state index contributed by atoms with van der Waals surface area (Å²) in [6.45, 7) is 1.78. The van der Waals surface area contributed by atoms with Gasteiger partial charge in [-0.2, -0.15) is 0 Å². The molecule has 1 unspecified atom stereocenters. The lowest BCUT2D eigenvalue weighted by Crippen LogP contribution is -2.30. The highest BCUT2D eigenvalue weighted by atomic mass is 32.2. The molecular formula is C17H18N2O8S. The zero-order chi connectivity index (χ0) is 21.1. The van der Waals surface area contributed by atoms with E-state index in [1.54, 1.807) is 19.1 Å². The van der Waals surface area contributed by atoms with Gasteiger partial charge in [-0.3, -0.25) is 14.9 Å². The molecule has 0 fully saturated rings. The first kappa shape index (κ1) is 21.1. The number of aromatic hydroxyl groups is 1. The van der Waals surface area contributed by atoms with Crippen LogP contribution in [-0.4, -0.2) is 36.6 Å². The third-order valence-corrected chi connectivity index (χ3v) is 5.39. The second kappa shape index (κ2) is 8.23. The van der Waals surface area contributed by atoms with E-state index in [9.17, 15) is 28.4 Å². The van der Waals surface area contributed by atoms with Gasteiger partial charge < -0.3 is 14.9 Å². The number of hydrogen-bond donors (Lipinski definition) is 3. The Morgan fingerprint density at radius 2 is 1.89 bits per heavy atom. The van der Waals surface area contributed by atoms with Gasteiger partial charge >= 0.3 is 11.7 Å². The Morgan fingerprint density at radius 1 is 1.29 bits per heavy atom. The van der Waals surface area contributed by atoms with E-state index in [2.05, 4.69) is 4.72 Å². The first-order chi connectivity index (χ1) is 13.0. The largest absolute Gasteiger partial charge is 0.500 e. The van der Waals surface area contributed by atoms with Crippen LogP contribution < -0.4 is 9.46 Å². The van der Waals surface area contributed by atoms with Crippen molar-refractivity contribution in [3.05, 3.63) is 57.6 Å². The summed E-state index contributed by atoms with van der Waals surface area (Å²) in [6, 6.07) is 6.59. The van der Waals surface area contributed by atoms with Gasteiger partial charge in [-0.15, -0.1) is 0 Å². The Bertz CT molecular complexity index is 1000. The zero-order valence-corrected chi connectivity index (χ0v) is 15.8. The van der Waals surface area contributed by atoms with Crippen LogP contribution in [-0.2, 0) is 14.8 Å². The van der Waals surface area contributed by atoms with Crippen LogP contribution in [0.15, 0.2) is 41.3 Å². The third kappa shape index (κ3) is 4.75. The number of nitrogens with zero attached hydrogens (tertiary/aromatic N) is 1. The quantitative estimate of drug-likeness (QED) is 0.441. The molecule has 0 radical (unpaired) electrons. The van der Waals surface area contributed by atoms with E-state index in [0.29, 0.717) is 0 Å². The van der Waals surface area contributed by atoms with Crippen LogP contribution in [0.3, 0.4) is 0 Å². The molecule has 2 rings (SSSR count). The molecule has 150 valence electrons. The van der Waals surface area contributed by atoms with Gasteiger partial charge in [0.1, 0.15) is 0 Å². The van der Waals surface area contributed by atoms with Gasteiger partial charge in [-0.25, -0.2) is 13.1 Å². The van der Waals surface area contributed by atoms with Crippen molar-refractivity contribution < 1.29 is 33.1 Å². The Balaban J connectivity index is 2.52. The molecule has 11 heteroatoms. The number of phenolic OH excluding ortho intramolecular Hbond substituents is 1. The molecule has 0 aliphatic heterocycles. The number of aryl methyl sites for hydroxylation is 1. The molecule has 0 aliphatic carbocycles. The zero-order valence-electron chi connectivity index (χ0n) is 14.9. The highest BCUT2D eigenvalue weighted by Crippen LogP contribution is 2.39. The van der Waals surface area contributed by atoms with Crippen LogP contribution in [0.5, 0.6) is 11.5 Å². The van der Waals surface area contributed by atoms with E-state index in [1.807, 2.05) is 0 Å². The predicted molar refractivity (Wildman–Crippen MR) is 97.8 cm³/mol. The number of methoxy groups -OCH3 is 1. The number of sulfonamides is 1. The fraction of sp³-hybridized carbons (Fsp3) is 0.235. The number of hydrogen-bond acceptors (Lipinski definition) is 7. The minimum atomic E-state index is -4.12. The van der Waals surface area contributed by atoms with E-state index in [0.717, 1.165) is 24.8 Å². The smallest absolute Gasteiger partial charge is 0.314 e. The summed E-state index contributed by atoms with van der Waals surface area (Å²) < 4.78 is 32.4. The van der Waals surface area contributed by atoms with E-state index < -0.39 is 44.8 Å². The lowest BCUT2D eigenvalue weighted by atomic mass is 10.0. The minimum Gasteiger partial charge on any atom is -0.500 e. The number of ether oxygens (including phenoxy) is 1. The fourth-order valence-corrected chi connectivity index (χ4v) is 3.71. The van der Waals surface area contributed by atoms with Crippen LogP contribution in [0.2, 0.25) is 0 Å². The first-order valence-electron chi connectivity index (χ1n) is 7.91. The summed E-state index contributed by atoms with van der Waals surface area (Å²) in [7, 11) is -2.96. The molecule has 0 saturated carbocycles. The van der Waals surface area contributed by atoms with Crippen LogP contribution in [0, 0.1) is 17.0 Å². The van der Waals surface area contributed by atoms with Crippen LogP contribution in [0.4, 0.5) is 5.69 Å². The summed E-state index contributed by atoms with van der Waals surface area (Å²) in [6.07, 6.45) is -0.684. The maximum absolute atomic E-state index is 12.6. The number of nitro groups is 1. The highest BCUT2D eigenvalue weighted by Gasteiger charge is 2.28. The van der Waals surface area contributed by atoms with Crippen molar-refractivity contribution in [2.24, 2.45) is 0 Å². The molecule has 0 bridgehead atoms. The summed E-state index contributed by atoms with van der Waals surface area (Å²) >= 11 is 0. The third-order valence-electron chi connectivity index (χ3n) is 3.90. The van der Waals surface area contributed by atoms with Crippen LogP contribution >= 0.6 is 0 Å². The van der Waals surface area contributed by atoms with Crippen molar-refractivity contribution in [3.63, 3.8) is 0 Å². The molecule has 10 nitrogen and oxygen atoms in total. The Morgan fingerprint density at radius 3 is 2.39 bits per heavy atom. The molecule has 2 aromatic rings. The second-order valence-electron chi connectivity index (χ2n) is 5.93. The van der Waals surface area contributed by atoms with Gasteiger partial charge in [0.25, 0.3) is 0 Å². The summed E-state index contributed by atoms with van der Waals surface area (Å²) in [5, 5.41) is 30.2. The van der Waals surface area contributed by atoms with Crippen molar-refractivity contribution in [2.45, 2.75) is 24.3 Å². The Kier molecular flexibility index (Phi) is 6.21. The number of phenols is 1. The minimum absolute atomic E-state index is 0.0422. The van der Waals surface area contributed by atoms with Gasteiger partial charge in [-0.1, -0.05) is 17.7 Å². The number of nitro benzene ring substituents is 1. The van der Waals surface area contributed by atoms with Crippen molar-refractivity contribution in [1.29, 1.82) is 0 Å². The number of rotatable bonds is 8. The topological polar surface area (TPSA) is 156 Å². The molecule has 3 N–H and O–H groups in total. The van der Waals surface area contributed by atoms with Crippen molar-refractivity contribution in [3.8, 4) is 11.5 Å². The van der Waals surface area contributed by atoms with E-state index in [4.69, 9.17) is 9.84 Å². The average Bonchev–Trinajstić information content (AvgIpc) is 2.60. The van der Waals surface area contributed by atoms with Gasteiger partial charge in [0.15, 0.2) is 5.75 Å². The number of carbonyl (C=O) groups is 1.